The van der Waals surface area contributed by atoms with Crippen LogP contribution in [0.4, 0.5) is 0 Å². The van der Waals surface area contributed by atoms with E-state index >= 15 is 0 Å². The average Bonchev–Trinajstić information content (AvgIpc) is 2.21. The maximum atomic E-state index is 5.35. The van der Waals surface area contributed by atoms with Crippen LogP contribution in [0, 0.1) is 9.85 Å². The van der Waals surface area contributed by atoms with Gasteiger partial charge in [0, 0.05) is 27.5 Å². The molecule has 1 aromatic rings. The standard InChI is InChI=1S/C11H11IOS/c1-2-13-10-4-6-11(7-5-10)14-9-3-8-12/h4-7H,2,9H2,1H3. The maximum absolute atomic E-state index is 5.35. The van der Waals surface area contributed by atoms with Crippen molar-refractivity contribution in [2.24, 2.45) is 0 Å². The molecule has 0 radical (unpaired) electrons. The molecule has 1 nitrogen and oxygen atoms in total. The molecule has 0 fully saturated rings. The molecule has 0 aliphatic carbocycles. The van der Waals surface area contributed by atoms with Gasteiger partial charge in [-0.05, 0) is 35.1 Å². The van der Waals surface area contributed by atoms with Gasteiger partial charge in [-0.15, -0.1) is 11.8 Å². The largest absolute Gasteiger partial charge is 0.494 e. The van der Waals surface area contributed by atoms with Crippen LogP contribution in [0.15, 0.2) is 29.2 Å². The van der Waals surface area contributed by atoms with E-state index in [0.717, 1.165) is 11.5 Å². The monoisotopic (exact) mass is 318 g/mol. The molecule has 3 heteroatoms. The zero-order valence-electron chi connectivity index (χ0n) is 7.92. The second-order valence-corrected chi connectivity index (χ2v) is 4.05. The maximum Gasteiger partial charge on any atom is 0.119 e. The number of hydrogen-bond acceptors (Lipinski definition) is 2. The minimum atomic E-state index is 0.715. The Balaban J connectivity index is 2.49. The van der Waals surface area contributed by atoms with Gasteiger partial charge in [0.15, 0.2) is 0 Å². The molecule has 1 rings (SSSR count). The molecule has 0 amide bonds. The lowest BCUT2D eigenvalue weighted by Crippen LogP contribution is -1.90. The smallest absolute Gasteiger partial charge is 0.119 e. The van der Waals surface area contributed by atoms with Gasteiger partial charge in [0.1, 0.15) is 5.75 Å². The van der Waals surface area contributed by atoms with Crippen molar-refractivity contribution in [1.82, 2.24) is 0 Å². The van der Waals surface area contributed by atoms with Crippen LogP contribution in [0.5, 0.6) is 5.75 Å². The predicted octanol–water partition coefficient (Wildman–Crippen LogP) is 3.57. The first-order valence-corrected chi connectivity index (χ1v) is 6.37. The summed E-state index contributed by atoms with van der Waals surface area (Å²) in [4.78, 5) is 1.23. The highest BCUT2D eigenvalue weighted by Gasteiger charge is 1.93. The van der Waals surface area contributed by atoms with Gasteiger partial charge in [-0.25, -0.2) is 0 Å². The number of ether oxygens (including phenoxy) is 1. The Morgan fingerprint density at radius 2 is 2.07 bits per heavy atom. The summed E-state index contributed by atoms with van der Waals surface area (Å²) >= 11 is 3.79. The molecule has 0 aliphatic heterocycles. The molecule has 14 heavy (non-hydrogen) atoms. The van der Waals surface area contributed by atoms with Gasteiger partial charge in [0.2, 0.25) is 0 Å². The lowest BCUT2D eigenvalue weighted by atomic mass is 10.3. The third kappa shape index (κ3) is 4.25. The van der Waals surface area contributed by atoms with Gasteiger partial charge in [-0.3, -0.25) is 0 Å². The Labute approximate surface area is 103 Å². The third-order valence-electron chi connectivity index (χ3n) is 1.51. The van der Waals surface area contributed by atoms with Crippen LogP contribution in [-0.2, 0) is 0 Å². The Morgan fingerprint density at radius 1 is 1.36 bits per heavy atom. The minimum Gasteiger partial charge on any atom is -0.494 e. The number of benzene rings is 1. The van der Waals surface area contributed by atoms with Crippen LogP contribution in [0.25, 0.3) is 0 Å². The number of hydrogen-bond donors (Lipinski definition) is 0. The molecule has 0 bridgehead atoms. The Morgan fingerprint density at radius 3 is 2.64 bits per heavy atom. The van der Waals surface area contributed by atoms with E-state index in [1.807, 2.05) is 19.1 Å². The highest BCUT2D eigenvalue weighted by molar-refractivity contribution is 14.1. The quantitative estimate of drug-likeness (QED) is 0.477. The fourth-order valence-electron chi connectivity index (χ4n) is 0.945. The number of thioether (sulfide) groups is 1. The van der Waals surface area contributed by atoms with Crippen LogP contribution in [0.1, 0.15) is 6.92 Å². The van der Waals surface area contributed by atoms with Gasteiger partial charge in [0.25, 0.3) is 0 Å². The van der Waals surface area contributed by atoms with E-state index in [1.54, 1.807) is 11.8 Å². The lowest BCUT2D eigenvalue weighted by Gasteiger charge is -2.03. The van der Waals surface area contributed by atoms with E-state index in [1.165, 1.54) is 4.90 Å². The lowest BCUT2D eigenvalue weighted by molar-refractivity contribution is 0.340. The summed E-state index contributed by atoms with van der Waals surface area (Å²) in [5.41, 5.74) is 0. The molecule has 0 saturated heterocycles. The van der Waals surface area contributed by atoms with E-state index in [2.05, 4.69) is 44.6 Å². The van der Waals surface area contributed by atoms with Crippen molar-refractivity contribution in [2.45, 2.75) is 11.8 Å². The first-order valence-electron chi connectivity index (χ1n) is 4.31. The minimum absolute atomic E-state index is 0.715. The van der Waals surface area contributed by atoms with Gasteiger partial charge < -0.3 is 4.74 Å². The van der Waals surface area contributed by atoms with E-state index in [4.69, 9.17) is 4.74 Å². The molecule has 0 heterocycles. The summed E-state index contributed by atoms with van der Waals surface area (Å²) in [6.07, 6.45) is 0. The Bertz CT molecular complexity index is 323. The number of rotatable bonds is 4. The van der Waals surface area contributed by atoms with Gasteiger partial charge in [-0.2, -0.15) is 0 Å². The first-order chi connectivity index (χ1) is 6.86. The van der Waals surface area contributed by atoms with Crippen molar-refractivity contribution >= 4 is 34.4 Å². The summed E-state index contributed by atoms with van der Waals surface area (Å²) in [5.74, 6) is 4.78. The van der Waals surface area contributed by atoms with E-state index in [-0.39, 0.29) is 0 Å². The van der Waals surface area contributed by atoms with Crippen molar-refractivity contribution in [1.29, 1.82) is 0 Å². The topological polar surface area (TPSA) is 9.23 Å². The Kier molecular flexibility index (Phi) is 5.88. The highest BCUT2D eigenvalue weighted by atomic mass is 127. The van der Waals surface area contributed by atoms with E-state index in [0.29, 0.717) is 6.61 Å². The van der Waals surface area contributed by atoms with Crippen LogP contribution < -0.4 is 4.74 Å². The average molecular weight is 318 g/mol. The second-order valence-electron chi connectivity index (χ2n) is 2.46. The molecular formula is C11H11IOS. The molecule has 74 valence electrons. The molecule has 0 spiro atoms. The van der Waals surface area contributed by atoms with E-state index < -0.39 is 0 Å². The normalized spacial score (nSPS) is 9.00. The first kappa shape index (κ1) is 11.7. The van der Waals surface area contributed by atoms with Crippen LogP contribution in [-0.4, -0.2) is 12.4 Å². The van der Waals surface area contributed by atoms with Crippen LogP contribution in [0.3, 0.4) is 0 Å². The van der Waals surface area contributed by atoms with Crippen molar-refractivity contribution in [2.75, 3.05) is 12.4 Å². The SMILES string of the molecule is CCOc1ccc(SCC#CI)cc1. The summed E-state index contributed by atoms with van der Waals surface area (Å²) in [6.45, 7) is 2.70. The number of halogens is 1. The van der Waals surface area contributed by atoms with Gasteiger partial charge in [0.05, 0.1) is 12.4 Å². The van der Waals surface area contributed by atoms with Gasteiger partial charge >= 0.3 is 0 Å². The summed E-state index contributed by atoms with van der Waals surface area (Å²) in [7, 11) is 0. The van der Waals surface area contributed by atoms with Crippen LogP contribution >= 0.6 is 34.4 Å². The van der Waals surface area contributed by atoms with Crippen LogP contribution in [0.2, 0.25) is 0 Å². The zero-order valence-corrected chi connectivity index (χ0v) is 10.9. The summed E-state index contributed by atoms with van der Waals surface area (Å²) < 4.78 is 8.19. The zero-order chi connectivity index (χ0) is 10.2. The molecule has 0 N–H and O–H groups in total. The molecule has 0 saturated carbocycles. The summed E-state index contributed by atoms with van der Waals surface area (Å²) in [5, 5.41) is 0. The van der Waals surface area contributed by atoms with Gasteiger partial charge in [-0.1, -0.05) is 5.92 Å². The molecule has 1 aromatic carbocycles. The molecule has 0 aliphatic rings. The fraction of sp³-hybridized carbons (Fsp3) is 0.273. The highest BCUT2D eigenvalue weighted by Crippen LogP contribution is 2.20. The molecular weight excluding hydrogens is 307 g/mol. The Hall–Kier alpha value is -0.340. The molecule has 0 unspecified atom stereocenters. The third-order valence-corrected chi connectivity index (χ3v) is 2.79. The van der Waals surface area contributed by atoms with E-state index in [9.17, 15) is 0 Å². The second kappa shape index (κ2) is 7.02. The van der Waals surface area contributed by atoms with Crippen molar-refractivity contribution < 1.29 is 4.74 Å². The predicted molar refractivity (Wildman–Crippen MR) is 70.1 cm³/mol. The van der Waals surface area contributed by atoms with Crippen molar-refractivity contribution in [3.63, 3.8) is 0 Å². The summed E-state index contributed by atoms with van der Waals surface area (Å²) in [6, 6.07) is 8.10. The molecule has 0 atom stereocenters. The fourth-order valence-corrected chi connectivity index (χ4v) is 2.03. The molecule has 0 aromatic heterocycles. The van der Waals surface area contributed by atoms with Crippen molar-refractivity contribution in [3.05, 3.63) is 24.3 Å². The van der Waals surface area contributed by atoms with Crippen molar-refractivity contribution in [3.8, 4) is 15.6 Å².